The standard InChI is InChI=1S/C14H14BrClN2O3/c1-18(2)4-3-17-13(19)10-6-8-5-9(16)7-11(15)12(8)21-14(10)20/h5-7H,3-4H2,1-2H3,(H,17,19). The van der Waals surface area contributed by atoms with Crippen molar-refractivity contribution in [2.45, 2.75) is 0 Å². The van der Waals surface area contributed by atoms with Gasteiger partial charge < -0.3 is 14.6 Å². The molecule has 0 aliphatic carbocycles. The van der Waals surface area contributed by atoms with Crippen molar-refractivity contribution < 1.29 is 9.21 Å². The normalized spacial score (nSPS) is 11.1. The molecule has 5 nitrogen and oxygen atoms in total. The minimum absolute atomic E-state index is 0.0320. The molecule has 1 amide bonds. The molecule has 0 unspecified atom stereocenters. The predicted molar refractivity (Wildman–Crippen MR) is 86.1 cm³/mol. The maximum atomic E-state index is 12.0. The SMILES string of the molecule is CN(C)CCNC(=O)c1cc2cc(Cl)cc(Br)c2oc1=O. The van der Waals surface area contributed by atoms with E-state index in [1.54, 1.807) is 12.1 Å². The number of fused-ring (bicyclic) bond motifs is 1. The largest absolute Gasteiger partial charge is 0.421 e. The van der Waals surface area contributed by atoms with Gasteiger partial charge in [0.1, 0.15) is 5.56 Å². The van der Waals surface area contributed by atoms with Gasteiger partial charge in [0, 0.05) is 23.5 Å². The highest BCUT2D eigenvalue weighted by Crippen LogP contribution is 2.27. The average Bonchev–Trinajstić information content (AvgIpc) is 2.38. The Morgan fingerprint density at radius 3 is 2.76 bits per heavy atom. The first-order chi connectivity index (χ1) is 9.88. The van der Waals surface area contributed by atoms with Crippen molar-refractivity contribution in [3.8, 4) is 0 Å². The number of nitrogens with zero attached hydrogens (tertiary/aromatic N) is 1. The van der Waals surface area contributed by atoms with Crippen LogP contribution in [0.5, 0.6) is 0 Å². The fraction of sp³-hybridized carbons (Fsp3) is 0.286. The van der Waals surface area contributed by atoms with Gasteiger partial charge in [0.15, 0.2) is 5.58 Å². The molecular formula is C14H14BrClN2O3. The lowest BCUT2D eigenvalue weighted by atomic mass is 10.2. The number of hydrogen-bond acceptors (Lipinski definition) is 4. The number of amides is 1. The maximum Gasteiger partial charge on any atom is 0.349 e. The van der Waals surface area contributed by atoms with E-state index >= 15 is 0 Å². The van der Waals surface area contributed by atoms with Gasteiger partial charge in [-0.25, -0.2) is 4.79 Å². The Bertz CT molecular complexity index is 743. The molecule has 0 aliphatic heterocycles. The highest BCUT2D eigenvalue weighted by molar-refractivity contribution is 9.10. The Balaban J connectivity index is 2.34. The van der Waals surface area contributed by atoms with Crippen LogP contribution in [0.2, 0.25) is 5.02 Å². The van der Waals surface area contributed by atoms with Crippen molar-refractivity contribution in [1.82, 2.24) is 10.2 Å². The lowest BCUT2D eigenvalue weighted by Gasteiger charge is -2.10. The molecule has 1 aromatic carbocycles. The van der Waals surface area contributed by atoms with Crippen LogP contribution in [0.3, 0.4) is 0 Å². The molecule has 1 heterocycles. The topological polar surface area (TPSA) is 62.6 Å². The fourth-order valence-electron chi connectivity index (χ4n) is 1.80. The van der Waals surface area contributed by atoms with E-state index in [9.17, 15) is 9.59 Å². The van der Waals surface area contributed by atoms with Crippen molar-refractivity contribution in [2.24, 2.45) is 0 Å². The lowest BCUT2D eigenvalue weighted by molar-refractivity contribution is 0.0947. The van der Waals surface area contributed by atoms with Gasteiger partial charge in [0.05, 0.1) is 4.47 Å². The third-order valence-electron chi connectivity index (χ3n) is 2.84. The molecule has 0 radical (unpaired) electrons. The first kappa shape index (κ1) is 16.0. The van der Waals surface area contributed by atoms with Crippen LogP contribution in [-0.4, -0.2) is 38.0 Å². The summed E-state index contributed by atoms with van der Waals surface area (Å²) < 4.78 is 5.77. The second-order valence-electron chi connectivity index (χ2n) is 4.81. The summed E-state index contributed by atoms with van der Waals surface area (Å²) in [5.74, 6) is -0.455. The Morgan fingerprint density at radius 1 is 1.38 bits per heavy atom. The van der Waals surface area contributed by atoms with E-state index in [2.05, 4.69) is 21.2 Å². The van der Waals surface area contributed by atoms with Gasteiger partial charge in [0.25, 0.3) is 5.91 Å². The van der Waals surface area contributed by atoms with Crippen molar-refractivity contribution in [2.75, 3.05) is 27.2 Å². The quantitative estimate of drug-likeness (QED) is 0.837. The lowest BCUT2D eigenvalue weighted by Crippen LogP contribution is -2.33. The number of rotatable bonds is 4. The molecule has 1 N–H and O–H groups in total. The van der Waals surface area contributed by atoms with Gasteiger partial charge >= 0.3 is 5.63 Å². The molecule has 21 heavy (non-hydrogen) atoms. The third kappa shape index (κ3) is 3.84. The summed E-state index contributed by atoms with van der Waals surface area (Å²) in [4.78, 5) is 25.9. The smallest absolute Gasteiger partial charge is 0.349 e. The summed E-state index contributed by atoms with van der Waals surface area (Å²) >= 11 is 9.24. The van der Waals surface area contributed by atoms with Gasteiger partial charge in [-0.15, -0.1) is 0 Å². The molecule has 7 heteroatoms. The van der Waals surface area contributed by atoms with Gasteiger partial charge in [0.2, 0.25) is 0 Å². The van der Waals surface area contributed by atoms with Crippen LogP contribution in [0, 0.1) is 0 Å². The molecule has 1 aromatic heterocycles. The van der Waals surface area contributed by atoms with E-state index < -0.39 is 11.5 Å². The highest BCUT2D eigenvalue weighted by Gasteiger charge is 2.15. The van der Waals surface area contributed by atoms with E-state index in [-0.39, 0.29) is 5.56 Å². The van der Waals surface area contributed by atoms with Crippen LogP contribution in [0.1, 0.15) is 10.4 Å². The Morgan fingerprint density at radius 2 is 2.10 bits per heavy atom. The van der Waals surface area contributed by atoms with Crippen LogP contribution in [0.4, 0.5) is 0 Å². The molecule has 0 atom stereocenters. The summed E-state index contributed by atoms with van der Waals surface area (Å²) in [7, 11) is 3.80. The van der Waals surface area contributed by atoms with E-state index in [0.29, 0.717) is 33.6 Å². The van der Waals surface area contributed by atoms with Gasteiger partial charge in [-0.05, 0) is 48.2 Å². The number of likely N-dealkylation sites (N-methyl/N-ethyl adjacent to an activating group) is 1. The molecular weight excluding hydrogens is 360 g/mol. The number of benzene rings is 1. The molecule has 0 spiro atoms. The van der Waals surface area contributed by atoms with E-state index in [4.69, 9.17) is 16.0 Å². The highest BCUT2D eigenvalue weighted by atomic mass is 79.9. The van der Waals surface area contributed by atoms with Crippen LogP contribution in [-0.2, 0) is 0 Å². The van der Waals surface area contributed by atoms with Crippen molar-refractivity contribution in [3.05, 3.63) is 43.7 Å². The van der Waals surface area contributed by atoms with Gasteiger partial charge in [-0.1, -0.05) is 11.6 Å². The van der Waals surface area contributed by atoms with Gasteiger partial charge in [-0.2, -0.15) is 0 Å². The minimum atomic E-state index is -0.673. The monoisotopic (exact) mass is 372 g/mol. The van der Waals surface area contributed by atoms with Crippen LogP contribution >= 0.6 is 27.5 Å². The van der Waals surface area contributed by atoms with Crippen LogP contribution < -0.4 is 10.9 Å². The molecule has 112 valence electrons. The number of hydrogen-bond donors (Lipinski definition) is 1. The molecule has 0 aliphatic rings. The van der Waals surface area contributed by atoms with Crippen LogP contribution in [0.25, 0.3) is 11.0 Å². The zero-order valence-electron chi connectivity index (χ0n) is 11.6. The average molecular weight is 374 g/mol. The Labute approximate surface area is 135 Å². The number of carbonyl (C=O) groups is 1. The van der Waals surface area contributed by atoms with Crippen molar-refractivity contribution >= 4 is 44.4 Å². The second-order valence-corrected chi connectivity index (χ2v) is 6.10. The summed E-state index contributed by atoms with van der Waals surface area (Å²) in [6.45, 7) is 1.13. The van der Waals surface area contributed by atoms with Crippen molar-refractivity contribution in [1.29, 1.82) is 0 Å². The fourth-order valence-corrected chi connectivity index (χ4v) is 2.72. The minimum Gasteiger partial charge on any atom is -0.421 e. The summed E-state index contributed by atoms with van der Waals surface area (Å²) in [6, 6.07) is 4.76. The first-order valence-electron chi connectivity index (χ1n) is 6.24. The van der Waals surface area contributed by atoms with Crippen LogP contribution in [0.15, 0.2) is 31.9 Å². The summed E-state index contributed by atoms with van der Waals surface area (Å²) in [5.41, 5.74) is -0.336. The van der Waals surface area contributed by atoms with E-state index in [1.165, 1.54) is 6.07 Å². The zero-order chi connectivity index (χ0) is 15.6. The second kappa shape index (κ2) is 6.60. The zero-order valence-corrected chi connectivity index (χ0v) is 13.9. The van der Waals surface area contributed by atoms with E-state index in [0.717, 1.165) is 0 Å². The molecule has 2 aromatic rings. The van der Waals surface area contributed by atoms with Gasteiger partial charge in [-0.3, -0.25) is 4.79 Å². The summed E-state index contributed by atoms with van der Waals surface area (Å²) in [5, 5.41) is 3.76. The maximum absolute atomic E-state index is 12.0. The Hall–Kier alpha value is -1.37. The number of halogens is 2. The van der Waals surface area contributed by atoms with Crippen molar-refractivity contribution in [3.63, 3.8) is 0 Å². The number of carbonyl (C=O) groups excluding carboxylic acids is 1. The molecule has 0 saturated heterocycles. The summed E-state index contributed by atoms with van der Waals surface area (Å²) in [6.07, 6.45) is 0. The van der Waals surface area contributed by atoms with E-state index in [1.807, 2.05) is 19.0 Å². The predicted octanol–water partition coefficient (Wildman–Crippen LogP) is 2.50. The number of nitrogens with one attached hydrogen (secondary N) is 1. The first-order valence-corrected chi connectivity index (χ1v) is 7.41. The molecule has 0 fully saturated rings. The molecule has 0 bridgehead atoms. The Kier molecular flexibility index (Phi) is 5.03. The molecule has 0 saturated carbocycles. The molecule has 2 rings (SSSR count). The third-order valence-corrected chi connectivity index (χ3v) is 3.65.